The molecule has 5 heteroatoms. The zero-order valence-electron chi connectivity index (χ0n) is 14.2. The van der Waals surface area contributed by atoms with Gasteiger partial charge in [0.25, 0.3) is 0 Å². The van der Waals surface area contributed by atoms with E-state index in [4.69, 9.17) is 4.42 Å². The molecular weight excluding hydrogens is 316 g/mol. The van der Waals surface area contributed by atoms with Crippen LogP contribution in [0.1, 0.15) is 24.2 Å². The average Bonchev–Trinajstić information content (AvgIpc) is 3.19. The van der Waals surface area contributed by atoms with Gasteiger partial charge in [0.1, 0.15) is 5.76 Å². The van der Waals surface area contributed by atoms with Crippen molar-refractivity contribution >= 4 is 17.7 Å². The molecule has 1 aliphatic rings. The largest absolute Gasteiger partial charge is 0.465 e. The van der Waals surface area contributed by atoms with E-state index in [2.05, 4.69) is 22.3 Å². The molecule has 1 aromatic carbocycles. The summed E-state index contributed by atoms with van der Waals surface area (Å²) >= 11 is 0. The number of benzene rings is 1. The van der Waals surface area contributed by atoms with Gasteiger partial charge in [-0.3, -0.25) is 4.79 Å². The number of nitrogens with one attached hydrogen (secondary N) is 1. The molecule has 1 aromatic heterocycles. The maximum atomic E-state index is 11.8. The van der Waals surface area contributed by atoms with Gasteiger partial charge in [-0.05, 0) is 54.7 Å². The first kappa shape index (κ1) is 17.3. The van der Waals surface area contributed by atoms with E-state index >= 15 is 0 Å². The summed E-state index contributed by atoms with van der Waals surface area (Å²) in [5.41, 5.74) is 2.26. The monoisotopic (exact) mass is 340 g/mol. The van der Waals surface area contributed by atoms with E-state index in [-0.39, 0.29) is 5.91 Å². The molecule has 1 fully saturated rings. The predicted octanol–water partition coefficient (Wildman–Crippen LogP) is 2.82. The topological polar surface area (TPSA) is 65.7 Å². The normalized spacial score (nSPS) is 15.6. The number of nitrogens with zero attached hydrogens (tertiary/aromatic N) is 1. The summed E-state index contributed by atoms with van der Waals surface area (Å²) in [5.74, 6) is 0.955. The Balaban J connectivity index is 1.47. The minimum absolute atomic E-state index is 0.147. The van der Waals surface area contributed by atoms with Crippen molar-refractivity contribution in [2.24, 2.45) is 5.92 Å². The van der Waals surface area contributed by atoms with Crippen LogP contribution in [0, 0.1) is 5.92 Å². The maximum Gasteiger partial charge on any atom is 0.244 e. The van der Waals surface area contributed by atoms with Crippen LogP contribution < -0.4 is 10.2 Å². The second kappa shape index (κ2) is 8.53. The third-order valence-electron chi connectivity index (χ3n) is 4.58. The first-order valence-corrected chi connectivity index (χ1v) is 8.69. The number of hydrogen-bond donors (Lipinski definition) is 2. The van der Waals surface area contributed by atoms with Gasteiger partial charge in [-0.25, -0.2) is 0 Å². The van der Waals surface area contributed by atoms with Gasteiger partial charge in [0.2, 0.25) is 5.91 Å². The van der Waals surface area contributed by atoms with Crippen molar-refractivity contribution in [3.8, 4) is 0 Å². The molecule has 0 atom stereocenters. The van der Waals surface area contributed by atoms with Crippen LogP contribution in [0.25, 0.3) is 6.08 Å². The molecular formula is C20H24N2O3. The van der Waals surface area contributed by atoms with E-state index in [1.165, 1.54) is 11.8 Å². The number of piperidine rings is 1. The van der Waals surface area contributed by atoms with Gasteiger partial charge in [0, 0.05) is 38.0 Å². The van der Waals surface area contributed by atoms with Gasteiger partial charge in [-0.15, -0.1) is 0 Å². The van der Waals surface area contributed by atoms with Crippen LogP contribution in [0.4, 0.5) is 5.69 Å². The van der Waals surface area contributed by atoms with Crippen LogP contribution >= 0.6 is 0 Å². The highest BCUT2D eigenvalue weighted by Crippen LogP contribution is 2.23. The number of furan rings is 1. The van der Waals surface area contributed by atoms with Crippen molar-refractivity contribution in [2.45, 2.75) is 19.4 Å². The summed E-state index contributed by atoms with van der Waals surface area (Å²) in [4.78, 5) is 14.2. The molecule has 132 valence electrons. The lowest BCUT2D eigenvalue weighted by Gasteiger charge is -2.33. The number of carbonyl (C=O) groups is 1. The Hall–Kier alpha value is -2.53. The number of amides is 1. The van der Waals surface area contributed by atoms with E-state index in [1.54, 1.807) is 24.5 Å². The number of rotatable bonds is 6. The third-order valence-corrected chi connectivity index (χ3v) is 4.58. The third kappa shape index (κ3) is 4.97. The van der Waals surface area contributed by atoms with Crippen molar-refractivity contribution in [1.82, 2.24) is 5.32 Å². The van der Waals surface area contributed by atoms with E-state index in [1.807, 2.05) is 12.1 Å². The highest BCUT2D eigenvalue weighted by Gasteiger charge is 2.18. The van der Waals surface area contributed by atoms with Crippen LogP contribution in [0.5, 0.6) is 0 Å². The number of carbonyl (C=O) groups excluding carboxylic acids is 1. The number of anilines is 1. The van der Waals surface area contributed by atoms with E-state index < -0.39 is 0 Å². The minimum atomic E-state index is -0.147. The SMILES string of the molecule is O=C(C=Cc1ccco1)NCc1ccc(N2CCC(CO)CC2)cc1. The van der Waals surface area contributed by atoms with Gasteiger partial charge in [0.05, 0.1) is 6.26 Å². The quantitative estimate of drug-likeness (QED) is 0.794. The van der Waals surface area contributed by atoms with Crippen LogP contribution in [-0.2, 0) is 11.3 Å². The molecule has 0 radical (unpaired) electrons. The molecule has 1 saturated heterocycles. The van der Waals surface area contributed by atoms with Crippen LogP contribution in [0.3, 0.4) is 0 Å². The molecule has 1 amide bonds. The Morgan fingerprint density at radius 2 is 2.00 bits per heavy atom. The maximum absolute atomic E-state index is 11.8. The fourth-order valence-corrected chi connectivity index (χ4v) is 2.99. The molecule has 2 heterocycles. The molecule has 0 bridgehead atoms. The van der Waals surface area contributed by atoms with Crippen LogP contribution in [0.2, 0.25) is 0 Å². The van der Waals surface area contributed by atoms with Gasteiger partial charge in [0.15, 0.2) is 0 Å². The van der Waals surface area contributed by atoms with Crippen LogP contribution in [0.15, 0.2) is 53.2 Å². The van der Waals surface area contributed by atoms with Crippen molar-refractivity contribution in [1.29, 1.82) is 0 Å². The standard InChI is InChI=1S/C20H24N2O3/c23-15-17-9-11-22(12-10-17)18-5-3-16(4-6-18)14-21-20(24)8-7-19-2-1-13-25-19/h1-8,13,17,23H,9-12,14-15H2,(H,21,24). The zero-order valence-corrected chi connectivity index (χ0v) is 14.2. The minimum Gasteiger partial charge on any atom is -0.465 e. The lowest BCUT2D eigenvalue weighted by atomic mass is 9.97. The highest BCUT2D eigenvalue weighted by atomic mass is 16.3. The Morgan fingerprint density at radius 3 is 2.64 bits per heavy atom. The van der Waals surface area contributed by atoms with Crippen molar-refractivity contribution in [3.05, 3.63) is 60.1 Å². The molecule has 0 saturated carbocycles. The summed E-state index contributed by atoms with van der Waals surface area (Å²) in [6.07, 6.45) is 6.77. The molecule has 0 spiro atoms. The highest BCUT2D eigenvalue weighted by molar-refractivity contribution is 5.91. The van der Waals surface area contributed by atoms with Gasteiger partial charge >= 0.3 is 0 Å². The first-order chi connectivity index (χ1) is 12.2. The fourth-order valence-electron chi connectivity index (χ4n) is 2.99. The summed E-state index contributed by atoms with van der Waals surface area (Å²) in [5, 5.41) is 12.1. The second-order valence-corrected chi connectivity index (χ2v) is 6.35. The Labute approximate surface area is 148 Å². The van der Waals surface area contributed by atoms with Crippen molar-refractivity contribution in [2.75, 3.05) is 24.6 Å². The number of aliphatic hydroxyl groups excluding tert-OH is 1. The summed E-state index contributed by atoms with van der Waals surface area (Å²) in [6.45, 7) is 2.76. The zero-order chi connectivity index (χ0) is 17.5. The second-order valence-electron chi connectivity index (χ2n) is 6.35. The molecule has 25 heavy (non-hydrogen) atoms. The smallest absolute Gasteiger partial charge is 0.244 e. The summed E-state index contributed by atoms with van der Waals surface area (Å²) in [6, 6.07) is 11.9. The predicted molar refractivity (Wildman–Crippen MR) is 98.1 cm³/mol. The van der Waals surface area contributed by atoms with E-state index in [0.717, 1.165) is 31.5 Å². The van der Waals surface area contributed by atoms with E-state index in [0.29, 0.717) is 24.8 Å². The van der Waals surface area contributed by atoms with Crippen molar-refractivity contribution in [3.63, 3.8) is 0 Å². The molecule has 5 nitrogen and oxygen atoms in total. The Bertz CT molecular complexity index is 684. The lowest BCUT2D eigenvalue weighted by molar-refractivity contribution is -0.116. The van der Waals surface area contributed by atoms with Gasteiger partial charge < -0.3 is 19.7 Å². The summed E-state index contributed by atoms with van der Waals surface area (Å²) in [7, 11) is 0. The molecule has 0 unspecified atom stereocenters. The molecule has 1 aliphatic heterocycles. The van der Waals surface area contributed by atoms with E-state index in [9.17, 15) is 9.90 Å². The lowest BCUT2D eigenvalue weighted by Crippen LogP contribution is -2.34. The summed E-state index contributed by atoms with van der Waals surface area (Å²) < 4.78 is 5.15. The molecule has 3 rings (SSSR count). The van der Waals surface area contributed by atoms with Crippen LogP contribution in [-0.4, -0.2) is 30.7 Å². The number of aliphatic hydroxyl groups is 1. The number of hydrogen-bond acceptors (Lipinski definition) is 4. The Kier molecular flexibility index (Phi) is 5.90. The average molecular weight is 340 g/mol. The molecule has 2 N–H and O–H groups in total. The van der Waals surface area contributed by atoms with Crippen molar-refractivity contribution < 1.29 is 14.3 Å². The van der Waals surface area contributed by atoms with Gasteiger partial charge in [-0.2, -0.15) is 0 Å². The molecule has 0 aliphatic carbocycles. The van der Waals surface area contributed by atoms with Gasteiger partial charge in [-0.1, -0.05) is 12.1 Å². The molecule has 2 aromatic rings. The fraction of sp³-hybridized carbons (Fsp3) is 0.350. The first-order valence-electron chi connectivity index (χ1n) is 8.69. The Morgan fingerprint density at radius 1 is 1.24 bits per heavy atom.